The first-order chi connectivity index (χ1) is 9.05. The summed E-state index contributed by atoms with van der Waals surface area (Å²) in [6.07, 6.45) is 7.90. The van der Waals surface area contributed by atoms with Gasteiger partial charge in [0.25, 0.3) is 0 Å². The molecular weight excluding hydrogens is 234 g/mol. The third-order valence-corrected chi connectivity index (χ3v) is 4.84. The van der Waals surface area contributed by atoms with E-state index in [-0.39, 0.29) is 5.41 Å². The lowest BCUT2D eigenvalue weighted by Gasteiger charge is -2.47. The molecule has 19 heavy (non-hydrogen) atoms. The minimum Gasteiger partial charge on any atom is -0.385 e. The number of rotatable bonds is 1. The van der Waals surface area contributed by atoms with Crippen LogP contribution in [0.4, 0.5) is 0 Å². The predicted molar refractivity (Wildman–Crippen MR) is 77.9 cm³/mol. The lowest BCUT2D eigenvalue weighted by molar-refractivity contribution is -0.102. The Balaban J connectivity index is 2.23. The van der Waals surface area contributed by atoms with Gasteiger partial charge in [-0.25, -0.2) is 0 Å². The van der Waals surface area contributed by atoms with Gasteiger partial charge in [-0.3, -0.25) is 4.98 Å². The van der Waals surface area contributed by atoms with Gasteiger partial charge >= 0.3 is 0 Å². The maximum absolute atomic E-state index is 11.3. The van der Waals surface area contributed by atoms with Gasteiger partial charge in [-0.2, -0.15) is 0 Å². The summed E-state index contributed by atoms with van der Waals surface area (Å²) in [5.74, 6) is 0. The summed E-state index contributed by atoms with van der Waals surface area (Å²) in [5.41, 5.74) is 0.214. The zero-order valence-electron chi connectivity index (χ0n) is 11.7. The number of fused-ring (bicyclic) bond motifs is 1. The van der Waals surface area contributed by atoms with Crippen LogP contribution in [0.2, 0.25) is 0 Å². The van der Waals surface area contributed by atoms with E-state index < -0.39 is 5.60 Å². The molecule has 2 heteroatoms. The van der Waals surface area contributed by atoms with Crippen molar-refractivity contribution in [3.8, 4) is 0 Å². The Kier molecular flexibility index (Phi) is 2.86. The first-order valence-electron chi connectivity index (χ1n) is 7.10. The van der Waals surface area contributed by atoms with Crippen molar-refractivity contribution in [3.63, 3.8) is 0 Å². The fourth-order valence-electron chi connectivity index (χ4n) is 3.47. The molecule has 2 aromatic rings. The van der Waals surface area contributed by atoms with E-state index in [0.717, 1.165) is 35.6 Å². The minimum atomic E-state index is -0.742. The molecule has 1 fully saturated rings. The third-order valence-electron chi connectivity index (χ3n) is 4.84. The molecule has 0 saturated heterocycles. The first kappa shape index (κ1) is 12.6. The zero-order valence-corrected chi connectivity index (χ0v) is 11.7. The summed E-state index contributed by atoms with van der Waals surface area (Å²) < 4.78 is 0. The zero-order chi connectivity index (χ0) is 13.5. The van der Waals surface area contributed by atoms with Crippen molar-refractivity contribution in [2.75, 3.05) is 0 Å². The van der Waals surface area contributed by atoms with Crippen LogP contribution in [-0.4, -0.2) is 10.1 Å². The monoisotopic (exact) mass is 255 g/mol. The maximum atomic E-state index is 11.3. The van der Waals surface area contributed by atoms with Gasteiger partial charge in [0.2, 0.25) is 0 Å². The Bertz CT molecular complexity index is 600. The number of nitrogens with zero attached hydrogens (tertiary/aromatic N) is 1. The highest BCUT2D eigenvalue weighted by atomic mass is 16.3. The summed E-state index contributed by atoms with van der Waals surface area (Å²) in [5, 5.41) is 13.6. The molecule has 2 nitrogen and oxygen atoms in total. The van der Waals surface area contributed by atoms with Gasteiger partial charge in [-0.05, 0) is 35.3 Å². The fourth-order valence-corrected chi connectivity index (χ4v) is 3.47. The molecule has 0 amide bonds. The van der Waals surface area contributed by atoms with E-state index in [1.54, 1.807) is 0 Å². The highest BCUT2D eigenvalue weighted by molar-refractivity contribution is 5.85. The smallest absolute Gasteiger partial charge is 0.0953 e. The van der Waals surface area contributed by atoms with Gasteiger partial charge in [0, 0.05) is 17.8 Å². The van der Waals surface area contributed by atoms with Crippen molar-refractivity contribution in [3.05, 3.63) is 42.2 Å². The molecule has 1 aromatic heterocycles. The summed E-state index contributed by atoms with van der Waals surface area (Å²) in [6.45, 7) is 4.36. The SMILES string of the molecule is CC1(C)CCCCC1(O)c1cccc2ccncc12. The average molecular weight is 255 g/mol. The molecule has 3 rings (SSSR count). The molecule has 0 aliphatic heterocycles. The Hall–Kier alpha value is -1.41. The van der Waals surface area contributed by atoms with Gasteiger partial charge in [0.05, 0.1) is 5.60 Å². The van der Waals surface area contributed by atoms with E-state index >= 15 is 0 Å². The van der Waals surface area contributed by atoms with Crippen LogP contribution in [0.1, 0.15) is 45.1 Å². The molecule has 1 N–H and O–H groups in total. The lowest BCUT2D eigenvalue weighted by Crippen LogP contribution is -2.44. The second-order valence-electron chi connectivity index (χ2n) is 6.35. The number of aliphatic hydroxyl groups is 1. The van der Waals surface area contributed by atoms with Gasteiger partial charge in [0.1, 0.15) is 0 Å². The Labute approximate surface area is 114 Å². The van der Waals surface area contributed by atoms with Crippen LogP contribution in [0.25, 0.3) is 10.8 Å². The topological polar surface area (TPSA) is 33.1 Å². The molecule has 1 unspecified atom stereocenters. The largest absolute Gasteiger partial charge is 0.385 e. The molecule has 1 saturated carbocycles. The summed E-state index contributed by atoms with van der Waals surface area (Å²) in [4.78, 5) is 4.24. The van der Waals surface area contributed by atoms with Gasteiger partial charge in [-0.15, -0.1) is 0 Å². The third kappa shape index (κ3) is 1.86. The second-order valence-corrected chi connectivity index (χ2v) is 6.35. The molecule has 0 radical (unpaired) electrons. The molecule has 1 aromatic carbocycles. The van der Waals surface area contributed by atoms with E-state index in [4.69, 9.17) is 0 Å². The molecule has 1 aliphatic rings. The number of benzene rings is 1. The van der Waals surface area contributed by atoms with E-state index in [1.165, 1.54) is 6.42 Å². The lowest BCUT2D eigenvalue weighted by atomic mass is 9.62. The van der Waals surface area contributed by atoms with Crippen LogP contribution >= 0.6 is 0 Å². The minimum absolute atomic E-state index is 0.0879. The van der Waals surface area contributed by atoms with Crippen molar-refractivity contribution in [2.45, 2.75) is 45.1 Å². The van der Waals surface area contributed by atoms with Crippen LogP contribution < -0.4 is 0 Å². The summed E-state index contributed by atoms with van der Waals surface area (Å²) in [7, 11) is 0. The first-order valence-corrected chi connectivity index (χ1v) is 7.10. The van der Waals surface area contributed by atoms with Crippen LogP contribution in [0, 0.1) is 5.41 Å². The number of hydrogen-bond acceptors (Lipinski definition) is 2. The molecule has 100 valence electrons. The van der Waals surface area contributed by atoms with Crippen LogP contribution in [0.15, 0.2) is 36.7 Å². The second kappa shape index (κ2) is 4.31. The fraction of sp³-hybridized carbons (Fsp3) is 0.471. The number of hydrogen-bond donors (Lipinski definition) is 1. The molecule has 1 aliphatic carbocycles. The van der Waals surface area contributed by atoms with Gasteiger partial charge in [0.15, 0.2) is 0 Å². The molecule has 1 atom stereocenters. The van der Waals surface area contributed by atoms with E-state index in [1.807, 2.05) is 24.5 Å². The van der Waals surface area contributed by atoms with E-state index in [9.17, 15) is 5.11 Å². The summed E-state index contributed by atoms with van der Waals surface area (Å²) >= 11 is 0. The van der Waals surface area contributed by atoms with Crippen molar-refractivity contribution in [1.82, 2.24) is 4.98 Å². The maximum Gasteiger partial charge on any atom is 0.0953 e. The van der Waals surface area contributed by atoms with Gasteiger partial charge < -0.3 is 5.11 Å². The molecule has 0 spiro atoms. The Morgan fingerprint density at radius 3 is 2.68 bits per heavy atom. The predicted octanol–water partition coefficient (Wildman–Crippen LogP) is 4.02. The standard InChI is InChI=1S/C17H21NO/c1-16(2)9-3-4-10-17(16,19)15-7-5-6-13-8-11-18-12-14(13)15/h5-8,11-12,19H,3-4,9-10H2,1-2H3. The molecular formula is C17H21NO. The van der Waals surface area contributed by atoms with Gasteiger partial charge in [-0.1, -0.05) is 44.9 Å². The van der Waals surface area contributed by atoms with E-state index in [0.29, 0.717) is 0 Å². The number of aromatic nitrogens is 1. The van der Waals surface area contributed by atoms with Crippen molar-refractivity contribution < 1.29 is 5.11 Å². The van der Waals surface area contributed by atoms with Crippen molar-refractivity contribution >= 4 is 10.8 Å². The number of pyridine rings is 1. The Morgan fingerprint density at radius 1 is 1.11 bits per heavy atom. The van der Waals surface area contributed by atoms with Crippen LogP contribution in [0.5, 0.6) is 0 Å². The molecule has 1 heterocycles. The summed E-state index contributed by atoms with van der Waals surface area (Å²) in [6, 6.07) is 8.20. The van der Waals surface area contributed by atoms with Crippen LogP contribution in [-0.2, 0) is 5.60 Å². The Morgan fingerprint density at radius 2 is 1.89 bits per heavy atom. The van der Waals surface area contributed by atoms with E-state index in [2.05, 4.69) is 31.0 Å². The highest BCUT2D eigenvalue weighted by Gasteiger charge is 2.46. The van der Waals surface area contributed by atoms with Crippen LogP contribution in [0.3, 0.4) is 0 Å². The van der Waals surface area contributed by atoms with Crippen molar-refractivity contribution in [1.29, 1.82) is 0 Å². The average Bonchev–Trinajstić information content (AvgIpc) is 2.41. The molecule has 0 bridgehead atoms. The quantitative estimate of drug-likeness (QED) is 0.834. The highest BCUT2D eigenvalue weighted by Crippen LogP contribution is 2.51. The van der Waals surface area contributed by atoms with Crippen molar-refractivity contribution in [2.24, 2.45) is 5.41 Å². The normalized spacial score (nSPS) is 26.5.